The number of aromatic nitrogens is 3. The Morgan fingerprint density at radius 1 is 1.00 bits per heavy atom. The molecule has 13 heavy (non-hydrogen) atoms. The lowest BCUT2D eigenvalue weighted by Gasteiger charge is -2.04. The van der Waals surface area contributed by atoms with E-state index in [0.29, 0.717) is 0 Å². The van der Waals surface area contributed by atoms with E-state index in [4.69, 9.17) is 15.9 Å². The first-order valence-corrected chi connectivity index (χ1v) is 3.47. The molecule has 1 heterocycles. The van der Waals surface area contributed by atoms with Gasteiger partial charge < -0.3 is 26.6 Å². The maximum absolute atomic E-state index is 8.51. The second-order valence-corrected chi connectivity index (χ2v) is 2.01. The minimum absolute atomic E-state index is 0.00176. The van der Waals surface area contributed by atoms with Crippen molar-refractivity contribution in [3.8, 4) is 0 Å². The molecular weight excluding hydrogens is 176 g/mol. The van der Waals surface area contributed by atoms with Gasteiger partial charge in [-0.25, -0.2) is 0 Å². The molecule has 1 aromatic rings. The number of hydrogen-bond donors (Lipinski definition) is 5. The van der Waals surface area contributed by atoms with Crippen LogP contribution in [-0.2, 0) is 0 Å². The molecule has 1 rings (SSSR count). The van der Waals surface area contributed by atoms with Crippen LogP contribution in [0.1, 0.15) is 0 Å². The van der Waals surface area contributed by atoms with Crippen LogP contribution < -0.4 is 16.4 Å². The molecule has 72 valence electrons. The first kappa shape index (κ1) is 9.42. The zero-order chi connectivity index (χ0) is 9.68. The largest absolute Gasteiger partial charge is 0.376 e. The number of aliphatic hydroxyl groups excluding tert-OH is 2. The highest BCUT2D eigenvalue weighted by molar-refractivity contribution is 5.39. The van der Waals surface area contributed by atoms with Crippen LogP contribution in [0, 0.1) is 0 Å². The quantitative estimate of drug-likeness (QED) is 0.347. The number of hydrogen-bond acceptors (Lipinski definition) is 8. The van der Waals surface area contributed by atoms with Gasteiger partial charge in [0.2, 0.25) is 17.8 Å². The molecule has 6 N–H and O–H groups in total. The lowest BCUT2D eigenvalue weighted by atomic mass is 10.8. The maximum atomic E-state index is 8.51. The van der Waals surface area contributed by atoms with Gasteiger partial charge in [0.15, 0.2) is 0 Å². The van der Waals surface area contributed by atoms with Gasteiger partial charge >= 0.3 is 0 Å². The predicted molar refractivity (Wildman–Crippen MR) is 45.7 cm³/mol. The summed E-state index contributed by atoms with van der Waals surface area (Å²) < 4.78 is 0. The van der Waals surface area contributed by atoms with Crippen molar-refractivity contribution < 1.29 is 10.2 Å². The summed E-state index contributed by atoms with van der Waals surface area (Å²) >= 11 is 0. The molecule has 0 spiro atoms. The van der Waals surface area contributed by atoms with E-state index in [9.17, 15) is 0 Å². The SMILES string of the molecule is Nc1nc(NCO)nc(NCO)n1. The van der Waals surface area contributed by atoms with Crippen LogP contribution in [0.2, 0.25) is 0 Å². The molecule has 0 aliphatic carbocycles. The van der Waals surface area contributed by atoms with E-state index in [1.807, 2.05) is 0 Å². The van der Waals surface area contributed by atoms with Crippen molar-refractivity contribution in [1.29, 1.82) is 0 Å². The lowest BCUT2D eigenvalue weighted by molar-refractivity contribution is 0.323. The standard InChI is InChI=1S/C5H10N6O2/c6-3-9-4(7-1-12)11-5(10-3)8-2-13/h12-13H,1-2H2,(H4,6,7,8,9,10,11). The normalized spacial score (nSPS) is 9.69. The van der Waals surface area contributed by atoms with E-state index in [-0.39, 0.29) is 31.3 Å². The van der Waals surface area contributed by atoms with Crippen molar-refractivity contribution in [3.05, 3.63) is 0 Å². The van der Waals surface area contributed by atoms with Crippen LogP contribution in [0.15, 0.2) is 0 Å². The summed E-state index contributed by atoms with van der Waals surface area (Å²) in [4.78, 5) is 11.1. The van der Waals surface area contributed by atoms with E-state index in [0.717, 1.165) is 0 Å². The van der Waals surface area contributed by atoms with Crippen LogP contribution in [0.25, 0.3) is 0 Å². The second-order valence-electron chi connectivity index (χ2n) is 2.01. The Morgan fingerprint density at radius 3 is 1.85 bits per heavy atom. The highest BCUT2D eigenvalue weighted by Gasteiger charge is 2.01. The summed E-state index contributed by atoms with van der Waals surface area (Å²) in [6, 6.07) is 0. The number of aliphatic hydroxyl groups is 2. The number of anilines is 3. The van der Waals surface area contributed by atoms with Crippen molar-refractivity contribution in [2.75, 3.05) is 29.8 Å². The van der Waals surface area contributed by atoms with E-state index >= 15 is 0 Å². The first-order valence-electron chi connectivity index (χ1n) is 3.47. The summed E-state index contributed by atoms with van der Waals surface area (Å²) in [7, 11) is 0. The molecule has 0 fully saturated rings. The minimum atomic E-state index is -0.304. The van der Waals surface area contributed by atoms with Crippen molar-refractivity contribution >= 4 is 17.8 Å². The third-order valence-electron chi connectivity index (χ3n) is 1.13. The van der Waals surface area contributed by atoms with Gasteiger partial charge in [0.05, 0.1) is 0 Å². The van der Waals surface area contributed by atoms with Crippen LogP contribution in [0.4, 0.5) is 17.8 Å². The van der Waals surface area contributed by atoms with Gasteiger partial charge in [0.1, 0.15) is 13.5 Å². The Morgan fingerprint density at radius 2 is 1.46 bits per heavy atom. The number of nitrogens with two attached hydrogens (primary N) is 1. The van der Waals surface area contributed by atoms with Crippen molar-refractivity contribution in [1.82, 2.24) is 15.0 Å². The average Bonchev–Trinajstić information content (AvgIpc) is 2.04. The molecule has 0 aliphatic heterocycles. The number of nitrogens with zero attached hydrogens (tertiary/aromatic N) is 3. The summed E-state index contributed by atoms with van der Waals surface area (Å²) in [5.41, 5.74) is 5.31. The van der Waals surface area contributed by atoms with Crippen LogP contribution in [-0.4, -0.2) is 38.6 Å². The van der Waals surface area contributed by atoms with Gasteiger partial charge in [0, 0.05) is 0 Å². The molecule has 0 bridgehead atoms. The fourth-order valence-corrected chi connectivity index (χ4v) is 0.692. The Bertz CT molecular complexity index is 255. The number of rotatable bonds is 4. The molecule has 0 aromatic carbocycles. The zero-order valence-corrected chi connectivity index (χ0v) is 6.73. The molecule has 8 heteroatoms. The third-order valence-corrected chi connectivity index (χ3v) is 1.13. The van der Waals surface area contributed by atoms with Gasteiger partial charge in [-0.1, -0.05) is 0 Å². The fraction of sp³-hybridized carbons (Fsp3) is 0.400. The Balaban J connectivity index is 2.83. The molecule has 8 nitrogen and oxygen atoms in total. The Hall–Kier alpha value is -1.67. The summed E-state index contributed by atoms with van der Waals surface area (Å²) in [5.74, 6) is 0.291. The average molecular weight is 186 g/mol. The van der Waals surface area contributed by atoms with Crippen LogP contribution >= 0.6 is 0 Å². The molecule has 0 radical (unpaired) electrons. The number of nitrogens with one attached hydrogen (secondary N) is 2. The van der Waals surface area contributed by atoms with E-state index in [2.05, 4.69) is 25.6 Å². The Kier molecular flexibility index (Phi) is 3.17. The van der Waals surface area contributed by atoms with Gasteiger partial charge in [-0.05, 0) is 0 Å². The van der Waals surface area contributed by atoms with E-state index in [1.165, 1.54) is 0 Å². The summed E-state index contributed by atoms with van der Waals surface area (Å²) in [5, 5.41) is 21.9. The fourth-order valence-electron chi connectivity index (χ4n) is 0.692. The zero-order valence-electron chi connectivity index (χ0n) is 6.73. The minimum Gasteiger partial charge on any atom is -0.376 e. The molecule has 0 aliphatic rings. The molecule has 0 unspecified atom stereocenters. The smallest absolute Gasteiger partial charge is 0.231 e. The molecular formula is C5H10N6O2. The highest BCUT2D eigenvalue weighted by Crippen LogP contribution is 2.05. The number of nitrogen functional groups attached to an aromatic ring is 1. The van der Waals surface area contributed by atoms with Crippen LogP contribution in [0.5, 0.6) is 0 Å². The molecule has 1 aromatic heterocycles. The van der Waals surface area contributed by atoms with Crippen molar-refractivity contribution in [3.63, 3.8) is 0 Å². The summed E-state index contributed by atoms with van der Waals surface area (Å²) in [6.07, 6.45) is 0. The Labute approximate surface area is 73.8 Å². The molecule has 0 saturated carbocycles. The second kappa shape index (κ2) is 4.38. The van der Waals surface area contributed by atoms with Crippen LogP contribution in [0.3, 0.4) is 0 Å². The van der Waals surface area contributed by atoms with Crippen molar-refractivity contribution in [2.24, 2.45) is 0 Å². The van der Waals surface area contributed by atoms with Gasteiger partial charge in [-0.3, -0.25) is 0 Å². The lowest BCUT2D eigenvalue weighted by Crippen LogP contribution is -2.11. The first-order chi connectivity index (χ1) is 6.26. The predicted octanol–water partition coefficient (Wildman–Crippen LogP) is -1.82. The molecule has 0 amide bonds. The van der Waals surface area contributed by atoms with E-state index < -0.39 is 0 Å². The van der Waals surface area contributed by atoms with Gasteiger partial charge in [-0.2, -0.15) is 15.0 Å². The highest BCUT2D eigenvalue weighted by atomic mass is 16.3. The van der Waals surface area contributed by atoms with Crippen molar-refractivity contribution in [2.45, 2.75) is 0 Å². The monoisotopic (exact) mass is 186 g/mol. The maximum Gasteiger partial charge on any atom is 0.231 e. The van der Waals surface area contributed by atoms with Gasteiger partial charge in [-0.15, -0.1) is 0 Å². The van der Waals surface area contributed by atoms with Gasteiger partial charge in [0.25, 0.3) is 0 Å². The topological polar surface area (TPSA) is 129 Å². The molecule has 0 atom stereocenters. The van der Waals surface area contributed by atoms with E-state index in [1.54, 1.807) is 0 Å². The molecule has 0 saturated heterocycles. The summed E-state index contributed by atoms with van der Waals surface area (Å²) in [6.45, 7) is -0.607. The third kappa shape index (κ3) is 2.69.